The van der Waals surface area contributed by atoms with Crippen molar-refractivity contribution in [3.8, 4) is 11.3 Å². The zero-order valence-corrected chi connectivity index (χ0v) is 16.5. The van der Waals surface area contributed by atoms with Gasteiger partial charge in [0.15, 0.2) is 5.82 Å². The largest absolute Gasteiger partial charge is 0.336 e. The van der Waals surface area contributed by atoms with Crippen molar-refractivity contribution in [3.63, 3.8) is 0 Å². The van der Waals surface area contributed by atoms with Crippen molar-refractivity contribution in [1.29, 1.82) is 0 Å². The maximum Gasteiger partial charge on any atom is 0.262 e. The van der Waals surface area contributed by atoms with Crippen LogP contribution in [-0.4, -0.2) is 40.0 Å². The number of aryl methyl sites for hydroxylation is 1. The van der Waals surface area contributed by atoms with Crippen LogP contribution in [0.15, 0.2) is 73.7 Å². The minimum absolute atomic E-state index is 0.348. The zero-order valence-electron chi connectivity index (χ0n) is 16.5. The highest BCUT2D eigenvalue weighted by molar-refractivity contribution is 6.07. The maximum absolute atomic E-state index is 12.9. The summed E-state index contributed by atoms with van der Waals surface area (Å²) in [6.07, 6.45) is 9.96. The van der Waals surface area contributed by atoms with Gasteiger partial charge in [0.1, 0.15) is 17.7 Å². The van der Waals surface area contributed by atoms with Gasteiger partial charge in [-0.25, -0.2) is 15.0 Å². The number of carbonyl (C=O) groups is 1. The van der Waals surface area contributed by atoms with Crippen molar-refractivity contribution < 1.29 is 4.79 Å². The molecule has 4 aromatic heterocycles. The topological polar surface area (TPSA) is 115 Å². The van der Waals surface area contributed by atoms with Crippen molar-refractivity contribution in [2.45, 2.75) is 0 Å². The highest BCUT2D eigenvalue weighted by Crippen LogP contribution is 2.21. The molecule has 152 valence electrons. The molecule has 0 saturated heterocycles. The van der Waals surface area contributed by atoms with Gasteiger partial charge in [-0.1, -0.05) is 30.3 Å². The quantitative estimate of drug-likeness (QED) is 0.457. The van der Waals surface area contributed by atoms with Crippen LogP contribution < -0.4 is 10.6 Å². The molecule has 0 atom stereocenters. The van der Waals surface area contributed by atoms with Crippen molar-refractivity contribution in [3.05, 3.63) is 79.3 Å². The predicted octanol–water partition coefficient (Wildman–Crippen LogP) is 2.92. The fraction of sp³-hybridized carbons (Fsp3) is 0.0476. The molecule has 0 saturated carbocycles. The molecular weight excluding hydrogens is 394 g/mol. The third-order valence-corrected chi connectivity index (χ3v) is 4.53. The highest BCUT2D eigenvalue weighted by atomic mass is 16.1. The average Bonchev–Trinajstić information content (AvgIpc) is 3.38. The van der Waals surface area contributed by atoms with Gasteiger partial charge in [0, 0.05) is 31.2 Å². The van der Waals surface area contributed by atoms with E-state index in [4.69, 9.17) is 0 Å². The van der Waals surface area contributed by atoms with Crippen LogP contribution in [0.1, 0.15) is 10.4 Å². The van der Waals surface area contributed by atoms with E-state index in [2.05, 4.69) is 35.7 Å². The number of anilines is 3. The SMILES string of the molecule is Cn1cc(C(=O)Nc2ccn3cc(-c4ccccc4)nc3n2)c(Nc2cncnc2)n1. The molecule has 1 amide bonds. The van der Waals surface area contributed by atoms with Gasteiger partial charge in [0.2, 0.25) is 5.78 Å². The van der Waals surface area contributed by atoms with Crippen LogP contribution in [0.5, 0.6) is 0 Å². The lowest BCUT2D eigenvalue weighted by Crippen LogP contribution is -2.14. The molecule has 4 heterocycles. The minimum atomic E-state index is -0.348. The van der Waals surface area contributed by atoms with Crippen molar-refractivity contribution >= 4 is 29.0 Å². The number of aromatic nitrogens is 7. The van der Waals surface area contributed by atoms with E-state index in [1.807, 2.05) is 40.9 Å². The summed E-state index contributed by atoms with van der Waals surface area (Å²) in [4.78, 5) is 29.8. The van der Waals surface area contributed by atoms with Gasteiger partial charge in [0.05, 0.1) is 23.8 Å². The Hall–Kier alpha value is -4.60. The molecule has 1 aromatic carbocycles. The van der Waals surface area contributed by atoms with Gasteiger partial charge in [-0.15, -0.1) is 0 Å². The highest BCUT2D eigenvalue weighted by Gasteiger charge is 2.17. The summed E-state index contributed by atoms with van der Waals surface area (Å²) in [5.74, 6) is 0.922. The second-order valence-corrected chi connectivity index (χ2v) is 6.78. The zero-order chi connectivity index (χ0) is 21.2. The summed E-state index contributed by atoms with van der Waals surface area (Å²) in [5, 5.41) is 10.2. The Morgan fingerprint density at radius 2 is 1.81 bits per heavy atom. The van der Waals surface area contributed by atoms with Crippen LogP contribution in [0.25, 0.3) is 17.0 Å². The molecule has 2 N–H and O–H groups in total. The number of rotatable bonds is 5. The van der Waals surface area contributed by atoms with E-state index in [-0.39, 0.29) is 5.91 Å². The van der Waals surface area contributed by atoms with Gasteiger partial charge < -0.3 is 10.6 Å². The van der Waals surface area contributed by atoms with E-state index in [1.165, 1.54) is 6.33 Å². The number of fused-ring (bicyclic) bond motifs is 1. The molecule has 5 aromatic rings. The summed E-state index contributed by atoms with van der Waals surface area (Å²) in [5.41, 5.74) is 2.79. The smallest absolute Gasteiger partial charge is 0.262 e. The summed E-state index contributed by atoms with van der Waals surface area (Å²) in [7, 11) is 1.74. The Kier molecular flexibility index (Phi) is 4.56. The average molecular weight is 411 g/mol. The predicted molar refractivity (Wildman–Crippen MR) is 115 cm³/mol. The van der Waals surface area contributed by atoms with E-state index >= 15 is 0 Å². The lowest BCUT2D eigenvalue weighted by molar-refractivity contribution is 0.102. The third kappa shape index (κ3) is 3.81. The summed E-state index contributed by atoms with van der Waals surface area (Å²) >= 11 is 0. The molecule has 0 radical (unpaired) electrons. The van der Waals surface area contributed by atoms with Crippen molar-refractivity contribution in [2.24, 2.45) is 7.05 Å². The molecule has 0 spiro atoms. The number of hydrogen-bond donors (Lipinski definition) is 2. The molecule has 0 aliphatic carbocycles. The van der Waals surface area contributed by atoms with Gasteiger partial charge in [-0.2, -0.15) is 10.1 Å². The number of hydrogen-bond acceptors (Lipinski definition) is 7. The van der Waals surface area contributed by atoms with Crippen molar-refractivity contribution in [2.75, 3.05) is 10.6 Å². The molecule has 0 fully saturated rings. The number of carbonyl (C=O) groups excluding carboxylic acids is 1. The van der Waals surface area contributed by atoms with E-state index in [0.717, 1.165) is 11.3 Å². The molecule has 31 heavy (non-hydrogen) atoms. The molecule has 0 unspecified atom stereocenters. The molecule has 10 nitrogen and oxygen atoms in total. The Bertz CT molecular complexity index is 1360. The Labute approximate surface area is 176 Å². The van der Waals surface area contributed by atoms with E-state index in [1.54, 1.807) is 42.6 Å². The Balaban J connectivity index is 1.39. The number of benzene rings is 1. The standard InChI is InChI=1S/C21H17N9O/c1-29-11-16(19(28-29)24-15-9-22-13-23-10-15)20(31)26-18-7-8-30-12-17(25-21(30)27-18)14-5-3-2-4-6-14/h2-13H,1H3,(H,24,28)(H,25,26,27,31). The molecular formula is C21H17N9O. The Morgan fingerprint density at radius 3 is 2.61 bits per heavy atom. The van der Waals surface area contributed by atoms with Crippen LogP contribution in [0.2, 0.25) is 0 Å². The number of nitrogens with one attached hydrogen (secondary N) is 2. The van der Waals surface area contributed by atoms with Crippen LogP contribution in [0.3, 0.4) is 0 Å². The first-order chi connectivity index (χ1) is 15.2. The monoisotopic (exact) mass is 411 g/mol. The molecule has 5 rings (SSSR count). The fourth-order valence-corrected chi connectivity index (χ4v) is 3.12. The molecule has 10 heteroatoms. The molecule has 0 aliphatic heterocycles. The van der Waals surface area contributed by atoms with Crippen molar-refractivity contribution in [1.82, 2.24) is 34.1 Å². The van der Waals surface area contributed by atoms with Gasteiger partial charge in [-0.05, 0) is 6.07 Å². The van der Waals surface area contributed by atoms with Crippen LogP contribution >= 0.6 is 0 Å². The fourth-order valence-electron chi connectivity index (χ4n) is 3.12. The summed E-state index contributed by atoms with van der Waals surface area (Å²) in [6, 6.07) is 11.6. The first-order valence-corrected chi connectivity index (χ1v) is 9.44. The first kappa shape index (κ1) is 18.4. The van der Waals surface area contributed by atoms with Crippen LogP contribution in [0, 0.1) is 0 Å². The maximum atomic E-state index is 12.9. The van der Waals surface area contributed by atoms with Crippen LogP contribution in [-0.2, 0) is 7.05 Å². The van der Waals surface area contributed by atoms with Crippen LogP contribution in [0.4, 0.5) is 17.3 Å². The summed E-state index contributed by atoms with van der Waals surface area (Å²) < 4.78 is 3.36. The second kappa shape index (κ2) is 7.67. The first-order valence-electron chi connectivity index (χ1n) is 9.44. The van der Waals surface area contributed by atoms with E-state index in [0.29, 0.717) is 28.7 Å². The molecule has 0 aliphatic rings. The molecule has 0 bridgehead atoms. The summed E-state index contributed by atoms with van der Waals surface area (Å²) in [6.45, 7) is 0. The Morgan fingerprint density at radius 1 is 1.00 bits per heavy atom. The normalized spacial score (nSPS) is 10.9. The van der Waals surface area contributed by atoms with Gasteiger partial charge in [-0.3, -0.25) is 13.9 Å². The number of amides is 1. The number of nitrogens with zero attached hydrogens (tertiary/aromatic N) is 7. The third-order valence-electron chi connectivity index (χ3n) is 4.53. The minimum Gasteiger partial charge on any atom is -0.336 e. The van der Waals surface area contributed by atoms with E-state index in [9.17, 15) is 4.79 Å². The van der Waals surface area contributed by atoms with E-state index < -0.39 is 0 Å². The van der Waals surface area contributed by atoms with Gasteiger partial charge >= 0.3 is 0 Å². The van der Waals surface area contributed by atoms with Gasteiger partial charge in [0.25, 0.3) is 5.91 Å². The second-order valence-electron chi connectivity index (χ2n) is 6.78. The number of imidazole rings is 1. The lowest BCUT2D eigenvalue weighted by Gasteiger charge is -2.06. The lowest BCUT2D eigenvalue weighted by atomic mass is 10.2.